The summed E-state index contributed by atoms with van der Waals surface area (Å²) in [6.07, 6.45) is -1.37. The molecule has 0 bridgehead atoms. The molecule has 1 unspecified atom stereocenters. The lowest BCUT2D eigenvalue weighted by molar-refractivity contribution is -0.0587. The molecule has 102 valence electrons. The Labute approximate surface area is 107 Å². The van der Waals surface area contributed by atoms with Gasteiger partial charge in [0.1, 0.15) is 30.9 Å². The van der Waals surface area contributed by atoms with E-state index in [1.54, 1.807) is 6.07 Å². The van der Waals surface area contributed by atoms with E-state index in [4.69, 9.17) is 9.84 Å². The molecule has 2 aromatic heterocycles. The van der Waals surface area contributed by atoms with Gasteiger partial charge in [-0.3, -0.25) is 0 Å². The van der Waals surface area contributed by atoms with Crippen molar-refractivity contribution < 1.29 is 24.6 Å². The van der Waals surface area contributed by atoms with Gasteiger partial charge >= 0.3 is 0 Å². The van der Waals surface area contributed by atoms with Gasteiger partial charge in [0.15, 0.2) is 11.9 Å². The minimum Gasteiger partial charge on any atom is -0.394 e. The quantitative estimate of drug-likeness (QED) is 0.616. The molecule has 0 spiro atoms. The van der Waals surface area contributed by atoms with E-state index in [0.717, 1.165) is 0 Å². The molecule has 3 N–H and O–H groups in total. The number of aromatic nitrogens is 4. The third-order valence-corrected chi connectivity index (χ3v) is 2.95. The normalized spacial score (nSPS) is 30.9. The van der Waals surface area contributed by atoms with Gasteiger partial charge in [0.05, 0.1) is 6.61 Å². The summed E-state index contributed by atoms with van der Waals surface area (Å²) in [4.78, 5) is 4.01. The Kier molecular flexibility index (Phi) is 3.03. The molecule has 1 aliphatic rings. The van der Waals surface area contributed by atoms with Crippen molar-refractivity contribution in [3.8, 4) is 11.5 Å². The molecule has 1 aliphatic heterocycles. The van der Waals surface area contributed by atoms with Crippen molar-refractivity contribution in [1.82, 2.24) is 19.9 Å². The van der Waals surface area contributed by atoms with Gasteiger partial charge in [-0.1, -0.05) is 5.16 Å². The topological polar surface area (TPSA) is 127 Å². The Balaban J connectivity index is 1.84. The van der Waals surface area contributed by atoms with Crippen LogP contribution in [0.25, 0.3) is 11.5 Å². The summed E-state index contributed by atoms with van der Waals surface area (Å²) in [5, 5.41) is 36.3. The van der Waals surface area contributed by atoms with Crippen LogP contribution >= 0.6 is 0 Å². The largest absolute Gasteiger partial charge is 0.394 e. The van der Waals surface area contributed by atoms with Crippen molar-refractivity contribution in [2.24, 2.45) is 0 Å². The Bertz CT molecular complexity index is 542. The number of nitrogens with zero attached hydrogens (tertiary/aromatic N) is 4. The molecule has 4 atom stereocenters. The van der Waals surface area contributed by atoms with Crippen LogP contribution in [0.4, 0.5) is 0 Å². The molecule has 0 aromatic carbocycles. The summed E-state index contributed by atoms with van der Waals surface area (Å²) in [7, 11) is 0. The van der Waals surface area contributed by atoms with E-state index in [2.05, 4.69) is 19.8 Å². The molecule has 0 saturated carbocycles. The number of aliphatic hydroxyl groups is 3. The second-order valence-corrected chi connectivity index (χ2v) is 4.16. The molecular formula is C10H12N4O5. The zero-order valence-electron chi connectivity index (χ0n) is 9.70. The highest BCUT2D eigenvalue weighted by Crippen LogP contribution is 2.28. The van der Waals surface area contributed by atoms with Crippen LogP contribution < -0.4 is 0 Å². The molecule has 9 nitrogen and oxygen atoms in total. The first kappa shape index (κ1) is 12.2. The Morgan fingerprint density at radius 1 is 1.32 bits per heavy atom. The molecule has 2 aromatic rings. The van der Waals surface area contributed by atoms with Crippen molar-refractivity contribution in [2.75, 3.05) is 6.61 Å². The predicted octanol–water partition coefficient (Wildman–Crippen LogP) is -1.46. The van der Waals surface area contributed by atoms with Crippen LogP contribution in [0.15, 0.2) is 23.2 Å². The van der Waals surface area contributed by atoms with Gasteiger partial charge in [-0.05, 0) is 0 Å². The first-order valence-electron chi connectivity index (χ1n) is 5.65. The SMILES string of the molecule is OC[C@H]1O[C@@H](n2cnc(-c3ccon3)n2)[C@@H](O)C1O. The van der Waals surface area contributed by atoms with Crippen LogP contribution in [-0.4, -0.2) is 60.2 Å². The Hall–Kier alpha value is -1.81. The van der Waals surface area contributed by atoms with Crippen LogP contribution in [0.5, 0.6) is 0 Å². The lowest BCUT2D eigenvalue weighted by atomic mass is 10.1. The lowest BCUT2D eigenvalue weighted by Crippen LogP contribution is -2.33. The van der Waals surface area contributed by atoms with Crippen molar-refractivity contribution in [3.63, 3.8) is 0 Å². The fourth-order valence-electron chi connectivity index (χ4n) is 1.94. The number of ether oxygens (including phenoxy) is 1. The first-order valence-corrected chi connectivity index (χ1v) is 5.65. The second kappa shape index (κ2) is 4.70. The van der Waals surface area contributed by atoms with Crippen LogP contribution in [0.3, 0.4) is 0 Å². The van der Waals surface area contributed by atoms with Gasteiger partial charge < -0.3 is 24.6 Å². The highest BCUT2D eigenvalue weighted by molar-refractivity contribution is 5.45. The molecule has 3 rings (SSSR count). The van der Waals surface area contributed by atoms with E-state index in [0.29, 0.717) is 11.5 Å². The molecule has 0 aliphatic carbocycles. The van der Waals surface area contributed by atoms with E-state index >= 15 is 0 Å². The number of hydrogen-bond donors (Lipinski definition) is 3. The minimum absolute atomic E-state index is 0.312. The maximum Gasteiger partial charge on any atom is 0.203 e. The maximum absolute atomic E-state index is 9.84. The van der Waals surface area contributed by atoms with Crippen LogP contribution in [0, 0.1) is 0 Å². The van der Waals surface area contributed by atoms with E-state index in [1.807, 2.05) is 0 Å². The monoisotopic (exact) mass is 268 g/mol. The van der Waals surface area contributed by atoms with Crippen molar-refractivity contribution in [1.29, 1.82) is 0 Å². The third kappa shape index (κ3) is 2.02. The van der Waals surface area contributed by atoms with Crippen molar-refractivity contribution in [2.45, 2.75) is 24.5 Å². The maximum atomic E-state index is 9.84. The fraction of sp³-hybridized carbons (Fsp3) is 0.500. The standard InChI is InChI=1S/C10H12N4O5/c15-3-6-7(16)8(17)10(19-6)14-4-11-9(12-14)5-1-2-18-13-5/h1-2,4,6-8,10,15-17H,3H2/t6-,7?,8+,10-/m1/s1. The summed E-state index contributed by atoms with van der Waals surface area (Å²) in [5.74, 6) is 0.312. The number of aliphatic hydroxyl groups excluding tert-OH is 3. The van der Waals surface area contributed by atoms with Gasteiger partial charge in [0.25, 0.3) is 0 Å². The Morgan fingerprint density at radius 2 is 2.16 bits per heavy atom. The van der Waals surface area contributed by atoms with Gasteiger partial charge in [-0.25, -0.2) is 9.67 Å². The zero-order chi connectivity index (χ0) is 13.4. The zero-order valence-corrected chi connectivity index (χ0v) is 9.70. The third-order valence-electron chi connectivity index (χ3n) is 2.95. The van der Waals surface area contributed by atoms with E-state index in [1.165, 1.54) is 17.3 Å². The Morgan fingerprint density at radius 3 is 2.79 bits per heavy atom. The van der Waals surface area contributed by atoms with Gasteiger partial charge in [-0.15, -0.1) is 5.10 Å². The number of rotatable bonds is 3. The first-order chi connectivity index (χ1) is 9.20. The van der Waals surface area contributed by atoms with E-state index < -0.39 is 24.5 Å². The van der Waals surface area contributed by atoms with Gasteiger partial charge in [0, 0.05) is 6.07 Å². The molecule has 0 amide bonds. The fourth-order valence-corrected chi connectivity index (χ4v) is 1.94. The van der Waals surface area contributed by atoms with Crippen LogP contribution in [0.2, 0.25) is 0 Å². The van der Waals surface area contributed by atoms with Crippen molar-refractivity contribution >= 4 is 0 Å². The summed E-state index contributed by atoms with van der Waals surface area (Å²) in [6.45, 7) is -0.389. The smallest absolute Gasteiger partial charge is 0.203 e. The predicted molar refractivity (Wildman–Crippen MR) is 58.5 cm³/mol. The van der Waals surface area contributed by atoms with Crippen molar-refractivity contribution in [3.05, 3.63) is 18.7 Å². The average molecular weight is 268 g/mol. The molecule has 9 heteroatoms. The molecular weight excluding hydrogens is 256 g/mol. The van der Waals surface area contributed by atoms with Gasteiger partial charge in [-0.2, -0.15) is 0 Å². The summed E-state index contributed by atoms with van der Waals surface area (Å²) in [5.41, 5.74) is 0.450. The second-order valence-electron chi connectivity index (χ2n) is 4.16. The average Bonchev–Trinajstić information content (AvgIpc) is 3.12. The minimum atomic E-state index is -1.19. The highest BCUT2D eigenvalue weighted by Gasteiger charge is 2.43. The molecule has 0 radical (unpaired) electrons. The van der Waals surface area contributed by atoms with E-state index in [9.17, 15) is 10.2 Å². The number of hydrogen-bond acceptors (Lipinski definition) is 8. The molecule has 19 heavy (non-hydrogen) atoms. The van der Waals surface area contributed by atoms with Crippen LogP contribution in [0.1, 0.15) is 6.23 Å². The molecule has 3 heterocycles. The summed E-state index contributed by atoms with van der Waals surface area (Å²) >= 11 is 0. The summed E-state index contributed by atoms with van der Waals surface area (Å²) < 4.78 is 11.3. The molecule has 1 fully saturated rings. The highest BCUT2D eigenvalue weighted by atomic mass is 16.6. The summed E-state index contributed by atoms with van der Waals surface area (Å²) in [6, 6.07) is 1.59. The lowest BCUT2D eigenvalue weighted by Gasteiger charge is -2.13. The van der Waals surface area contributed by atoms with E-state index in [-0.39, 0.29) is 6.61 Å². The molecule has 1 saturated heterocycles. The van der Waals surface area contributed by atoms with Crippen LogP contribution in [-0.2, 0) is 4.74 Å². The van der Waals surface area contributed by atoms with Gasteiger partial charge in [0.2, 0.25) is 5.82 Å².